The lowest BCUT2D eigenvalue weighted by Gasteiger charge is -1.94. The molecule has 1 heterocycles. The van der Waals surface area contributed by atoms with Crippen LogP contribution in [0.3, 0.4) is 0 Å². The smallest absolute Gasteiger partial charge is 0.173 e. The summed E-state index contributed by atoms with van der Waals surface area (Å²) in [5.41, 5.74) is 0. The molecule has 0 saturated heterocycles. The van der Waals surface area contributed by atoms with Gasteiger partial charge in [-0.1, -0.05) is 13.8 Å². The standard InChI is InChI=1S/C5H7IN2O/c1-3(2)4-5(6)7-8-9-4/h3H,1-2H3. The Labute approximate surface area is 66.9 Å². The van der Waals surface area contributed by atoms with Crippen LogP contribution in [-0.4, -0.2) is 10.4 Å². The number of aromatic nitrogens is 2. The van der Waals surface area contributed by atoms with Crippen molar-refractivity contribution < 1.29 is 4.52 Å². The Kier molecular flexibility index (Phi) is 2.05. The van der Waals surface area contributed by atoms with Crippen LogP contribution in [-0.2, 0) is 0 Å². The average molecular weight is 238 g/mol. The third-order valence-corrected chi connectivity index (χ3v) is 1.74. The predicted octanol–water partition coefficient (Wildman–Crippen LogP) is 1.80. The van der Waals surface area contributed by atoms with Gasteiger partial charge in [0, 0.05) is 11.2 Å². The molecule has 0 aliphatic rings. The van der Waals surface area contributed by atoms with Gasteiger partial charge >= 0.3 is 0 Å². The summed E-state index contributed by atoms with van der Waals surface area (Å²) in [6.45, 7) is 4.09. The van der Waals surface area contributed by atoms with Crippen LogP contribution in [0.2, 0.25) is 0 Å². The first-order chi connectivity index (χ1) is 4.22. The number of rotatable bonds is 1. The lowest BCUT2D eigenvalue weighted by atomic mass is 10.2. The molecule has 0 fully saturated rings. The lowest BCUT2D eigenvalue weighted by Crippen LogP contribution is -1.85. The molecule has 50 valence electrons. The molecule has 1 aromatic rings. The number of hydrogen-bond acceptors (Lipinski definition) is 3. The van der Waals surface area contributed by atoms with Gasteiger partial charge in [-0.15, -0.1) is 5.10 Å². The van der Waals surface area contributed by atoms with Crippen molar-refractivity contribution in [2.75, 3.05) is 0 Å². The van der Waals surface area contributed by atoms with Crippen LogP contribution in [0.25, 0.3) is 0 Å². The van der Waals surface area contributed by atoms with Gasteiger partial charge in [-0.05, 0) is 22.6 Å². The first-order valence-corrected chi connectivity index (χ1v) is 3.77. The largest absolute Gasteiger partial charge is 0.341 e. The number of hydrogen-bond donors (Lipinski definition) is 0. The van der Waals surface area contributed by atoms with Crippen molar-refractivity contribution >= 4 is 22.6 Å². The predicted molar refractivity (Wildman–Crippen MR) is 41.1 cm³/mol. The number of halogens is 1. The Hall–Kier alpha value is -0.130. The second-order valence-electron chi connectivity index (χ2n) is 2.08. The Morgan fingerprint density at radius 3 is 2.44 bits per heavy atom. The molecule has 0 radical (unpaired) electrons. The molecule has 0 N–H and O–H groups in total. The highest BCUT2D eigenvalue weighted by Gasteiger charge is 2.09. The maximum Gasteiger partial charge on any atom is 0.173 e. The highest BCUT2D eigenvalue weighted by atomic mass is 127. The van der Waals surface area contributed by atoms with Crippen molar-refractivity contribution in [1.82, 2.24) is 10.4 Å². The Balaban J connectivity index is 2.94. The molecule has 0 saturated carbocycles. The van der Waals surface area contributed by atoms with E-state index in [1.165, 1.54) is 0 Å². The molecule has 0 amide bonds. The molecule has 4 heteroatoms. The van der Waals surface area contributed by atoms with E-state index in [2.05, 4.69) is 33.0 Å². The van der Waals surface area contributed by atoms with Crippen LogP contribution < -0.4 is 0 Å². The van der Waals surface area contributed by atoms with Crippen LogP contribution >= 0.6 is 22.6 Å². The van der Waals surface area contributed by atoms with Crippen LogP contribution in [0.15, 0.2) is 4.52 Å². The third-order valence-electron chi connectivity index (χ3n) is 0.995. The zero-order chi connectivity index (χ0) is 6.85. The fourth-order valence-corrected chi connectivity index (χ4v) is 1.34. The molecular weight excluding hydrogens is 231 g/mol. The fraction of sp³-hybridized carbons (Fsp3) is 0.600. The van der Waals surface area contributed by atoms with E-state index in [0.717, 1.165) is 9.46 Å². The van der Waals surface area contributed by atoms with Gasteiger partial charge in [-0.3, -0.25) is 0 Å². The van der Waals surface area contributed by atoms with Crippen LogP contribution in [0.5, 0.6) is 0 Å². The summed E-state index contributed by atoms with van der Waals surface area (Å²) < 4.78 is 5.72. The van der Waals surface area contributed by atoms with Gasteiger partial charge in [0.1, 0.15) is 0 Å². The minimum absolute atomic E-state index is 0.381. The molecule has 0 unspecified atom stereocenters. The highest BCUT2D eigenvalue weighted by molar-refractivity contribution is 14.1. The summed E-state index contributed by atoms with van der Waals surface area (Å²) in [6, 6.07) is 0. The normalized spacial score (nSPS) is 10.7. The molecule has 0 aliphatic heterocycles. The zero-order valence-corrected chi connectivity index (χ0v) is 7.42. The molecular formula is C5H7IN2O. The molecule has 0 aliphatic carbocycles. The SMILES string of the molecule is CC(C)c1onnc1I. The maximum absolute atomic E-state index is 4.86. The summed E-state index contributed by atoms with van der Waals surface area (Å²) in [4.78, 5) is 0. The van der Waals surface area contributed by atoms with E-state index in [1.54, 1.807) is 0 Å². The van der Waals surface area contributed by atoms with Gasteiger partial charge in [0.15, 0.2) is 9.46 Å². The van der Waals surface area contributed by atoms with Gasteiger partial charge in [0.2, 0.25) is 0 Å². The van der Waals surface area contributed by atoms with E-state index >= 15 is 0 Å². The lowest BCUT2D eigenvalue weighted by molar-refractivity contribution is 0.351. The Bertz CT molecular complexity index is 197. The molecule has 3 nitrogen and oxygen atoms in total. The van der Waals surface area contributed by atoms with E-state index in [4.69, 9.17) is 4.52 Å². The van der Waals surface area contributed by atoms with Crippen molar-refractivity contribution in [3.63, 3.8) is 0 Å². The van der Waals surface area contributed by atoms with E-state index in [1.807, 2.05) is 13.8 Å². The third kappa shape index (κ3) is 1.41. The van der Waals surface area contributed by atoms with Crippen molar-refractivity contribution in [3.8, 4) is 0 Å². The molecule has 1 aromatic heterocycles. The summed E-state index contributed by atoms with van der Waals surface area (Å²) in [7, 11) is 0. The minimum atomic E-state index is 0.381. The van der Waals surface area contributed by atoms with Crippen LogP contribution in [0.1, 0.15) is 25.5 Å². The van der Waals surface area contributed by atoms with Crippen molar-refractivity contribution in [2.45, 2.75) is 19.8 Å². The Morgan fingerprint density at radius 2 is 2.22 bits per heavy atom. The van der Waals surface area contributed by atoms with E-state index in [9.17, 15) is 0 Å². The van der Waals surface area contributed by atoms with Crippen molar-refractivity contribution in [1.29, 1.82) is 0 Å². The Morgan fingerprint density at radius 1 is 1.56 bits per heavy atom. The average Bonchev–Trinajstić information content (AvgIpc) is 2.13. The monoisotopic (exact) mass is 238 g/mol. The first kappa shape index (κ1) is 6.98. The second-order valence-corrected chi connectivity index (χ2v) is 3.10. The van der Waals surface area contributed by atoms with Crippen LogP contribution in [0.4, 0.5) is 0 Å². The van der Waals surface area contributed by atoms with Gasteiger partial charge in [0.05, 0.1) is 0 Å². The fourth-order valence-electron chi connectivity index (χ4n) is 0.531. The van der Waals surface area contributed by atoms with Crippen molar-refractivity contribution in [2.24, 2.45) is 0 Å². The van der Waals surface area contributed by atoms with Gasteiger partial charge in [-0.2, -0.15) is 0 Å². The summed E-state index contributed by atoms with van der Waals surface area (Å²) >= 11 is 2.10. The first-order valence-electron chi connectivity index (χ1n) is 2.69. The molecule has 0 aromatic carbocycles. The van der Waals surface area contributed by atoms with Crippen LogP contribution in [0, 0.1) is 3.70 Å². The molecule has 0 spiro atoms. The minimum Gasteiger partial charge on any atom is -0.341 e. The molecule has 1 rings (SSSR count). The summed E-state index contributed by atoms with van der Waals surface area (Å²) in [6.07, 6.45) is 0. The van der Waals surface area contributed by atoms with E-state index in [-0.39, 0.29) is 0 Å². The van der Waals surface area contributed by atoms with Gasteiger partial charge in [-0.25, -0.2) is 0 Å². The quantitative estimate of drug-likeness (QED) is 0.700. The second kappa shape index (κ2) is 2.64. The van der Waals surface area contributed by atoms with E-state index < -0.39 is 0 Å². The number of nitrogens with zero attached hydrogens (tertiary/aromatic N) is 2. The summed E-state index contributed by atoms with van der Waals surface area (Å²) in [5, 5.41) is 7.12. The van der Waals surface area contributed by atoms with Gasteiger partial charge < -0.3 is 4.52 Å². The molecule has 9 heavy (non-hydrogen) atoms. The summed E-state index contributed by atoms with van der Waals surface area (Å²) in [5.74, 6) is 1.25. The topological polar surface area (TPSA) is 38.9 Å². The highest BCUT2D eigenvalue weighted by Crippen LogP contribution is 2.17. The maximum atomic E-state index is 4.86. The van der Waals surface area contributed by atoms with Gasteiger partial charge in [0.25, 0.3) is 0 Å². The van der Waals surface area contributed by atoms with E-state index in [0.29, 0.717) is 5.92 Å². The molecule has 0 bridgehead atoms. The molecule has 0 atom stereocenters. The van der Waals surface area contributed by atoms with Crippen molar-refractivity contribution in [3.05, 3.63) is 9.46 Å². The zero-order valence-electron chi connectivity index (χ0n) is 5.26.